The molecule has 3 heterocycles. The number of pyridine rings is 1. The summed E-state index contributed by atoms with van der Waals surface area (Å²) in [6.07, 6.45) is 0. The minimum Gasteiger partial charge on any atom is -0.318 e. The van der Waals surface area contributed by atoms with Gasteiger partial charge in [-0.15, -0.1) is 11.8 Å². The largest absolute Gasteiger partial charge is 0.318 e. The number of aryl methyl sites for hydroxylation is 1. The summed E-state index contributed by atoms with van der Waals surface area (Å²) < 4.78 is 2.32. The number of hydrogen-bond donors (Lipinski definition) is 1. The topological polar surface area (TPSA) is 30.7 Å². The molecule has 1 unspecified atom stereocenters. The van der Waals surface area contributed by atoms with E-state index < -0.39 is 0 Å². The maximum Gasteiger partial charge on any atom is 0.157 e. The Morgan fingerprint density at radius 2 is 2.00 bits per heavy atom. The van der Waals surface area contributed by atoms with Crippen molar-refractivity contribution in [3.05, 3.63) is 53.9 Å². The van der Waals surface area contributed by atoms with Crippen molar-refractivity contribution in [2.75, 3.05) is 0 Å². The number of fused-ring (bicyclic) bond motifs is 3. The minimum absolute atomic E-state index is 0.437. The Morgan fingerprint density at radius 3 is 2.89 bits per heavy atom. The fraction of sp³-hybridized carbons (Fsp3) is 0.200. The standard InChI is InChI=1S/C15H14N3S/c1-10-5-4-7-12(16-10)14-9-18-13-8-3-2-6-11(13)17-15(18)19-14/h2-8,14,19H,9H2,1H3. The predicted octanol–water partition coefficient (Wildman–Crippen LogP) is 3.32. The SMILES string of the molecule is Cc1cccc(C2Cn3c(nc4ccccc43)[SH]2)n1. The number of aromatic nitrogens is 3. The van der Waals surface area contributed by atoms with Crippen LogP contribution < -0.4 is 0 Å². The van der Waals surface area contributed by atoms with Crippen LogP contribution in [0.15, 0.2) is 47.6 Å². The molecule has 2 aromatic heterocycles. The van der Waals surface area contributed by atoms with E-state index in [0.29, 0.717) is 5.25 Å². The first-order valence-corrected chi connectivity index (χ1v) is 7.37. The molecule has 4 heteroatoms. The summed E-state index contributed by atoms with van der Waals surface area (Å²) in [6.45, 7) is 3.02. The maximum atomic E-state index is 4.71. The van der Waals surface area contributed by atoms with Crippen LogP contribution in [-0.2, 0) is 6.54 Å². The molecule has 0 N–H and O–H groups in total. The van der Waals surface area contributed by atoms with Gasteiger partial charge in [0.2, 0.25) is 0 Å². The third-order valence-electron chi connectivity index (χ3n) is 3.51. The van der Waals surface area contributed by atoms with E-state index in [0.717, 1.165) is 22.9 Å². The minimum atomic E-state index is 0.437. The second-order valence-electron chi connectivity index (χ2n) is 4.86. The van der Waals surface area contributed by atoms with Crippen molar-refractivity contribution in [3.8, 4) is 0 Å². The molecule has 1 aromatic carbocycles. The summed E-state index contributed by atoms with van der Waals surface area (Å²) in [7, 11) is 0. The first-order valence-electron chi connectivity index (χ1n) is 6.41. The molecule has 0 amide bonds. The van der Waals surface area contributed by atoms with Gasteiger partial charge in [0, 0.05) is 12.2 Å². The average molecular weight is 268 g/mol. The first-order chi connectivity index (χ1) is 9.31. The highest BCUT2D eigenvalue weighted by atomic mass is 32.2. The number of rotatable bonds is 1. The molecule has 0 aliphatic carbocycles. The quantitative estimate of drug-likeness (QED) is 0.686. The highest BCUT2D eigenvalue weighted by molar-refractivity contribution is 7.99. The summed E-state index contributed by atoms with van der Waals surface area (Å²) in [5, 5.41) is 1.60. The summed E-state index contributed by atoms with van der Waals surface area (Å²) in [5.41, 5.74) is 4.60. The van der Waals surface area contributed by atoms with Crippen LogP contribution >= 0.6 is 11.8 Å². The highest BCUT2D eigenvalue weighted by Gasteiger charge is 2.26. The maximum absolute atomic E-state index is 4.71. The van der Waals surface area contributed by atoms with Crippen LogP contribution in [-0.4, -0.2) is 14.5 Å². The zero-order valence-corrected chi connectivity index (χ0v) is 11.5. The third-order valence-corrected chi connectivity index (χ3v) is 4.82. The van der Waals surface area contributed by atoms with Crippen LogP contribution in [0.25, 0.3) is 11.0 Å². The van der Waals surface area contributed by atoms with Gasteiger partial charge in [0.05, 0.1) is 22.0 Å². The molecule has 1 atom stereocenters. The van der Waals surface area contributed by atoms with Crippen LogP contribution in [0, 0.1) is 6.92 Å². The van der Waals surface area contributed by atoms with Gasteiger partial charge in [-0.2, -0.15) is 0 Å². The number of para-hydroxylation sites is 2. The lowest BCUT2D eigenvalue weighted by Crippen LogP contribution is -2.01. The van der Waals surface area contributed by atoms with E-state index in [-0.39, 0.29) is 0 Å². The molecule has 0 fully saturated rings. The molecule has 19 heavy (non-hydrogen) atoms. The van der Waals surface area contributed by atoms with E-state index in [2.05, 4.69) is 39.9 Å². The fourth-order valence-electron chi connectivity index (χ4n) is 2.60. The summed E-state index contributed by atoms with van der Waals surface area (Å²) in [6, 6.07) is 14.6. The van der Waals surface area contributed by atoms with Crippen molar-refractivity contribution in [2.24, 2.45) is 0 Å². The van der Waals surface area contributed by atoms with E-state index in [1.54, 1.807) is 0 Å². The van der Waals surface area contributed by atoms with E-state index in [1.807, 2.05) is 19.1 Å². The molecule has 95 valence electrons. The molecule has 3 nitrogen and oxygen atoms in total. The van der Waals surface area contributed by atoms with Gasteiger partial charge in [-0.3, -0.25) is 4.98 Å². The zero-order valence-electron chi connectivity index (χ0n) is 10.6. The molecule has 1 radical (unpaired) electrons. The average Bonchev–Trinajstić information content (AvgIpc) is 2.96. The number of nitrogens with zero attached hydrogens (tertiary/aromatic N) is 3. The van der Waals surface area contributed by atoms with Gasteiger partial charge >= 0.3 is 0 Å². The van der Waals surface area contributed by atoms with Gasteiger partial charge in [-0.05, 0) is 31.2 Å². The first kappa shape index (κ1) is 11.1. The monoisotopic (exact) mass is 268 g/mol. The Labute approximate surface area is 115 Å². The number of benzene rings is 1. The van der Waals surface area contributed by atoms with Crippen LogP contribution in [0.1, 0.15) is 16.6 Å². The highest BCUT2D eigenvalue weighted by Crippen LogP contribution is 2.43. The molecular formula is C15H14N3S. The van der Waals surface area contributed by atoms with Crippen molar-refractivity contribution < 1.29 is 0 Å². The van der Waals surface area contributed by atoms with Crippen LogP contribution in [0.3, 0.4) is 0 Å². The van der Waals surface area contributed by atoms with Crippen LogP contribution in [0.2, 0.25) is 0 Å². The number of hydrogen-bond acceptors (Lipinski definition) is 2. The van der Waals surface area contributed by atoms with Gasteiger partial charge in [0.15, 0.2) is 5.16 Å². The van der Waals surface area contributed by atoms with Crippen molar-refractivity contribution in [3.63, 3.8) is 0 Å². The fourth-order valence-corrected chi connectivity index (χ4v) is 3.90. The Morgan fingerprint density at radius 1 is 1.11 bits per heavy atom. The van der Waals surface area contributed by atoms with Crippen molar-refractivity contribution in [1.82, 2.24) is 14.5 Å². The summed E-state index contributed by atoms with van der Waals surface area (Å²) >= 11 is 1.27. The van der Waals surface area contributed by atoms with E-state index in [4.69, 9.17) is 4.98 Å². The Bertz CT molecular complexity index is 763. The molecule has 3 aromatic rings. The van der Waals surface area contributed by atoms with Gasteiger partial charge in [0.1, 0.15) is 0 Å². The lowest BCUT2D eigenvalue weighted by molar-refractivity contribution is 0.673. The second kappa shape index (κ2) is 4.10. The Kier molecular flexibility index (Phi) is 2.38. The van der Waals surface area contributed by atoms with Gasteiger partial charge in [-0.25, -0.2) is 4.98 Å². The van der Waals surface area contributed by atoms with Crippen molar-refractivity contribution in [1.29, 1.82) is 0 Å². The Balaban J connectivity index is 1.74. The van der Waals surface area contributed by atoms with Crippen LogP contribution in [0.4, 0.5) is 0 Å². The summed E-state index contributed by atoms with van der Waals surface area (Å²) in [5.74, 6) is 0. The lowest BCUT2D eigenvalue weighted by Gasteiger charge is -2.09. The second-order valence-corrected chi connectivity index (χ2v) is 6.14. The van der Waals surface area contributed by atoms with Gasteiger partial charge in [0.25, 0.3) is 0 Å². The lowest BCUT2D eigenvalue weighted by atomic mass is 10.2. The van der Waals surface area contributed by atoms with Gasteiger partial charge in [-0.1, -0.05) is 18.2 Å². The van der Waals surface area contributed by atoms with E-state index in [1.165, 1.54) is 23.0 Å². The van der Waals surface area contributed by atoms with Crippen LogP contribution in [0.5, 0.6) is 0 Å². The summed E-state index contributed by atoms with van der Waals surface area (Å²) in [4.78, 5) is 9.36. The molecule has 0 saturated carbocycles. The molecule has 4 rings (SSSR count). The molecule has 0 spiro atoms. The molecule has 0 bridgehead atoms. The smallest absolute Gasteiger partial charge is 0.157 e. The molecule has 0 saturated heterocycles. The third kappa shape index (κ3) is 1.75. The molecule has 1 aliphatic rings. The van der Waals surface area contributed by atoms with E-state index in [9.17, 15) is 0 Å². The normalized spacial score (nSPS) is 17.8. The molecular weight excluding hydrogens is 254 g/mol. The predicted molar refractivity (Wildman–Crippen MR) is 78.7 cm³/mol. The Hall–Kier alpha value is -1.81. The van der Waals surface area contributed by atoms with E-state index >= 15 is 0 Å². The van der Waals surface area contributed by atoms with Crippen molar-refractivity contribution in [2.45, 2.75) is 23.9 Å². The van der Waals surface area contributed by atoms with Gasteiger partial charge < -0.3 is 4.57 Å². The zero-order chi connectivity index (χ0) is 12.8. The number of imidazole rings is 1. The number of thiol groups is 1. The van der Waals surface area contributed by atoms with Crippen molar-refractivity contribution >= 4 is 22.8 Å². The molecule has 1 aliphatic heterocycles.